The van der Waals surface area contributed by atoms with Gasteiger partial charge in [-0.25, -0.2) is 0 Å². The number of ketones is 1. The van der Waals surface area contributed by atoms with Gasteiger partial charge >= 0.3 is 7.60 Å². The number of carbonyl (C=O) groups is 1. The summed E-state index contributed by atoms with van der Waals surface area (Å²) in [5.74, 6) is -0.435. The number of allylic oxidation sites excluding steroid dienone is 4. The van der Waals surface area contributed by atoms with E-state index < -0.39 is 7.60 Å². The van der Waals surface area contributed by atoms with Crippen molar-refractivity contribution in [1.29, 1.82) is 0 Å². The van der Waals surface area contributed by atoms with Crippen LogP contribution < -0.4 is 0 Å². The minimum atomic E-state index is -3.21. The molecule has 78 valence electrons. The molecule has 0 aliphatic heterocycles. The molecule has 0 fully saturated rings. The molecule has 14 heavy (non-hydrogen) atoms. The maximum Gasteiger partial charge on any atom is 0.337 e. The van der Waals surface area contributed by atoms with Crippen LogP contribution >= 0.6 is 7.60 Å². The molecule has 0 N–H and O–H groups in total. The molecule has 0 aromatic heterocycles. The standard InChI is InChI=1S/C9H13O4P/c1-12-14(11,13-2)7-9(10)8-5-3-4-6-8/h3-6,8H,7H2,1-2H3. The van der Waals surface area contributed by atoms with E-state index in [0.717, 1.165) is 0 Å². The van der Waals surface area contributed by atoms with Crippen LogP contribution in [0.1, 0.15) is 0 Å². The topological polar surface area (TPSA) is 52.6 Å². The first-order chi connectivity index (χ1) is 6.61. The molecule has 0 atom stereocenters. The fourth-order valence-electron chi connectivity index (χ4n) is 1.15. The lowest BCUT2D eigenvalue weighted by atomic mass is 10.1. The first-order valence-corrected chi connectivity index (χ1v) is 5.92. The number of rotatable bonds is 5. The Labute approximate surface area is 83.1 Å². The van der Waals surface area contributed by atoms with E-state index in [1.54, 1.807) is 24.3 Å². The second-order valence-electron chi connectivity index (χ2n) is 2.90. The molecular weight excluding hydrogens is 203 g/mol. The monoisotopic (exact) mass is 216 g/mol. The van der Waals surface area contributed by atoms with Gasteiger partial charge in [-0.2, -0.15) is 0 Å². The first-order valence-electron chi connectivity index (χ1n) is 4.19. The van der Waals surface area contributed by atoms with Crippen molar-refractivity contribution >= 4 is 13.4 Å². The highest BCUT2D eigenvalue weighted by molar-refractivity contribution is 7.54. The molecule has 5 heteroatoms. The maximum absolute atomic E-state index is 11.6. The van der Waals surface area contributed by atoms with Crippen LogP contribution in [-0.4, -0.2) is 26.2 Å². The van der Waals surface area contributed by atoms with Crippen molar-refractivity contribution in [3.63, 3.8) is 0 Å². The average Bonchev–Trinajstić information content (AvgIpc) is 2.70. The number of Topliss-reactive ketones (excluding diaryl/α,β-unsaturated/α-hetero) is 1. The van der Waals surface area contributed by atoms with E-state index in [2.05, 4.69) is 9.05 Å². The van der Waals surface area contributed by atoms with Crippen LogP contribution in [0.25, 0.3) is 0 Å². The largest absolute Gasteiger partial charge is 0.337 e. The normalized spacial score (nSPS) is 16.4. The van der Waals surface area contributed by atoms with Gasteiger partial charge in [0.1, 0.15) is 6.16 Å². The Bertz CT molecular complexity index is 299. The molecule has 0 radical (unpaired) electrons. The number of carbonyl (C=O) groups excluding carboxylic acids is 1. The van der Waals surface area contributed by atoms with Gasteiger partial charge in [0.15, 0.2) is 5.78 Å². The van der Waals surface area contributed by atoms with Gasteiger partial charge < -0.3 is 9.05 Å². The average molecular weight is 216 g/mol. The van der Waals surface area contributed by atoms with Crippen molar-refractivity contribution in [2.75, 3.05) is 20.4 Å². The highest BCUT2D eigenvalue weighted by Crippen LogP contribution is 2.46. The molecule has 0 aromatic carbocycles. The third-order valence-electron chi connectivity index (χ3n) is 2.03. The fraction of sp³-hybridized carbons (Fsp3) is 0.444. The summed E-state index contributed by atoms with van der Waals surface area (Å²) < 4.78 is 21.0. The van der Waals surface area contributed by atoms with Crippen LogP contribution in [0, 0.1) is 5.92 Å². The summed E-state index contributed by atoms with van der Waals surface area (Å²) >= 11 is 0. The van der Waals surface area contributed by atoms with Crippen molar-refractivity contribution in [1.82, 2.24) is 0 Å². The summed E-state index contributed by atoms with van der Waals surface area (Å²) in [6.45, 7) is 0. The number of hydrogen-bond donors (Lipinski definition) is 0. The number of hydrogen-bond acceptors (Lipinski definition) is 4. The van der Waals surface area contributed by atoms with Crippen LogP contribution in [-0.2, 0) is 18.4 Å². The van der Waals surface area contributed by atoms with Crippen molar-refractivity contribution < 1.29 is 18.4 Å². The molecule has 0 saturated carbocycles. The van der Waals surface area contributed by atoms with E-state index in [-0.39, 0.29) is 17.9 Å². The second kappa shape index (κ2) is 4.69. The van der Waals surface area contributed by atoms with Gasteiger partial charge in [0.25, 0.3) is 0 Å². The van der Waals surface area contributed by atoms with Crippen molar-refractivity contribution in [3.05, 3.63) is 24.3 Å². The van der Waals surface area contributed by atoms with Crippen molar-refractivity contribution in [3.8, 4) is 0 Å². The SMILES string of the molecule is COP(=O)(CC(=O)C1C=CC=C1)OC. The van der Waals surface area contributed by atoms with Gasteiger partial charge in [0, 0.05) is 14.2 Å². The summed E-state index contributed by atoms with van der Waals surface area (Å²) in [7, 11) is -0.656. The van der Waals surface area contributed by atoms with Crippen molar-refractivity contribution in [2.45, 2.75) is 0 Å². The summed E-state index contributed by atoms with van der Waals surface area (Å²) in [6, 6.07) is 0. The van der Waals surface area contributed by atoms with E-state index in [4.69, 9.17) is 0 Å². The predicted molar refractivity (Wildman–Crippen MR) is 53.3 cm³/mol. The van der Waals surface area contributed by atoms with Crippen LogP contribution in [0.2, 0.25) is 0 Å². The summed E-state index contributed by atoms with van der Waals surface area (Å²) in [5.41, 5.74) is 0. The van der Waals surface area contributed by atoms with E-state index in [1.165, 1.54) is 14.2 Å². The molecule has 0 saturated heterocycles. The van der Waals surface area contributed by atoms with Gasteiger partial charge in [-0.1, -0.05) is 24.3 Å². The third kappa shape index (κ3) is 2.64. The summed E-state index contributed by atoms with van der Waals surface area (Å²) in [4.78, 5) is 11.5. The van der Waals surface area contributed by atoms with E-state index in [1.807, 2.05) is 0 Å². The zero-order valence-corrected chi connectivity index (χ0v) is 9.07. The minimum Gasteiger partial charge on any atom is -0.312 e. The minimum absolute atomic E-state index is 0.151. The molecule has 1 aliphatic carbocycles. The Balaban J connectivity index is 2.59. The van der Waals surface area contributed by atoms with E-state index in [0.29, 0.717) is 0 Å². The molecule has 0 heterocycles. The van der Waals surface area contributed by atoms with Gasteiger partial charge in [-0.15, -0.1) is 0 Å². The Morgan fingerprint density at radius 3 is 2.21 bits per heavy atom. The molecule has 0 aromatic rings. The molecule has 1 rings (SSSR count). The molecule has 0 unspecified atom stereocenters. The van der Waals surface area contributed by atoms with Crippen LogP contribution in [0.15, 0.2) is 24.3 Å². The van der Waals surface area contributed by atoms with Gasteiger partial charge in [-0.3, -0.25) is 9.36 Å². The van der Waals surface area contributed by atoms with Gasteiger partial charge in [0.05, 0.1) is 5.92 Å². The molecule has 0 spiro atoms. The molecule has 0 bridgehead atoms. The van der Waals surface area contributed by atoms with Gasteiger partial charge in [-0.05, 0) is 0 Å². The Morgan fingerprint density at radius 1 is 1.29 bits per heavy atom. The lowest BCUT2D eigenvalue weighted by Crippen LogP contribution is -2.14. The Morgan fingerprint density at radius 2 is 1.79 bits per heavy atom. The zero-order valence-electron chi connectivity index (χ0n) is 8.17. The van der Waals surface area contributed by atoms with E-state index >= 15 is 0 Å². The van der Waals surface area contributed by atoms with Crippen LogP contribution in [0.4, 0.5) is 0 Å². The highest BCUT2D eigenvalue weighted by atomic mass is 31.2. The Kier molecular flexibility index (Phi) is 3.81. The molecule has 4 nitrogen and oxygen atoms in total. The molecule has 1 aliphatic rings. The third-order valence-corrected chi connectivity index (χ3v) is 3.84. The quantitative estimate of drug-likeness (QED) is 0.657. The predicted octanol–water partition coefficient (Wildman–Crippen LogP) is 1.78. The Hall–Kier alpha value is -0.700. The lowest BCUT2D eigenvalue weighted by molar-refractivity contribution is -0.118. The fourth-order valence-corrected chi connectivity index (χ4v) is 2.15. The van der Waals surface area contributed by atoms with Crippen molar-refractivity contribution in [2.24, 2.45) is 5.92 Å². The smallest absolute Gasteiger partial charge is 0.312 e. The molecular formula is C9H13O4P. The van der Waals surface area contributed by atoms with Crippen LogP contribution in [0.3, 0.4) is 0 Å². The van der Waals surface area contributed by atoms with Crippen LogP contribution in [0.5, 0.6) is 0 Å². The van der Waals surface area contributed by atoms with E-state index in [9.17, 15) is 9.36 Å². The molecule has 0 amide bonds. The zero-order chi connectivity index (χ0) is 10.6. The lowest BCUT2D eigenvalue weighted by Gasteiger charge is -2.13. The highest BCUT2D eigenvalue weighted by Gasteiger charge is 2.28. The second-order valence-corrected chi connectivity index (χ2v) is 5.16. The first kappa shape index (κ1) is 11.4. The summed E-state index contributed by atoms with van der Waals surface area (Å²) in [5, 5.41) is 0. The maximum atomic E-state index is 11.6. The van der Waals surface area contributed by atoms with Gasteiger partial charge in [0.2, 0.25) is 0 Å². The summed E-state index contributed by atoms with van der Waals surface area (Å²) in [6.07, 6.45) is 6.88.